The number of likely N-dealkylation sites (tertiary alicyclic amines) is 1. The number of amides is 8. The lowest BCUT2D eigenvalue weighted by molar-refractivity contribution is -0.138. The summed E-state index contributed by atoms with van der Waals surface area (Å²) >= 11 is 0. The fraction of sp³-hybridized carbons (Fsp3) is 0.519. The number of nitrogens with two attached hydrogens (primary N) is 1. The number of aryl methyl sites for hydroxylation is 1. The summed E-state index contributed by atoms with van der Waals surface area (Å²) in [5.74, 6) is -4.95. The molecule has 0 saturated carbocycles. The van der Waals surface area contributed by atoms with Gasteiger partial charge in [0.1, 0.15) is 36.0 Å². The van der Waals surface area contributed by atoms with Gasteiger partial charge in [0.05, 0.1) is 11.2 Å². The number of primary amides is 1. The maximum atomic E-state index is 15.4. The number of hydrogen-bond donors (Lipinski definition) is 6. The third-order valence-electron chi connectivity index (χ3n) is 13.3. The number of imide groups is 1. The fourth-order valence-corrected chi connectivity index (χ4v) is 9.07. The zero-order valence-corrected chi connectivity index (χ0v) is 43.5. The van der Waals surface area contributed by atoms with Crippen LogP contribution in [0.25, 0.3) is 10.9 Å². The lowest BCUT2D eigenvalue weighted by atomic mass is 10.00. The zero-order chi connectivity index (χ0) is 55.2. The molecule has 24 heteroatoms. The number of carboxylic acid groups (broad SMARTS) is 1. The highest BCUT2D eigenvalue weighted by Gasteiger charge is 2.33. The Morgan fingerprint density at radius 3 is 2.18 bits per heavy atom. The third kappa shape index (κ3) is 15.1. The molecule has 0 unspecified atom stereocenters. The molecule has 2 fully saturated rings. The van der Waals surface area contributed by atoms with Gasteiger partial charge < -0.3 is 55.6 Å². The van der Waals surface area contributed by atoms with E-state index in [1.807, 2.05) is 27.7 Å². The summed E-state index contributed by atoms with van der Waals surface area (Å²) in [5.41, 5.74) is 5.67. The molecule has 2 saturated heterocycles. The zero-order valence-electron chi connectivity index (χ0n) is 43.5. The Balaban J connectivity index is 1.03. The quantitative estimate of drug-likeness (QED) is 0.0379. The van der Waals surface area contributed by atoms with Crippen LogP contribution in [0.15, 0.2) is 51.8 Å². The Hall–Kier alpha value is -7.92. The number of pyridine rings is 1. The number of unbranched alkanes of at least 4 members (excludes halogenated alkanes) is 2. The molecule has 3 atom stereocenters. The molecular formula is C52H68FN11O12. The minimum atomic E-state index is -1.40. The number of anilines is 2. The van der Waals surface area contributed by atoms with Crippen molar-refractivity contribution in [2.45, 2.75) is 124 Å². The van der Waals surface area contributed by atoms with Crippen molar-refractivity contribution in [3.63, 3.8) is 0 Å². The molecule has 4 heterocycles. The second kappa shape index (κ2) is 26.5. The first-order chi connectivity index (χ1) is 36.2. The van der Waals surface area contributed by atoms with Crippen LogP contribution in [0.1, 0.15) is 132 Å². The van der Waals surface area contributed by atoms with Gasteiger partial charge in [-0.05, 0) is 80.7 Å². The molecule has 0 aliphatic carbocycles. The second-order valence-corrected chi connectivity index (χ2v) is 19.7. The Bertz CT molecular complexity index is 2810. The minimum Gasteiger partial charge on any atom is -0.477 e. The van der Waals surface area contributed by atoms with Crippen molar-refractivity contribution >= 4 is 69.9 Å². The number of urea groups is 1. The summed E-state index contributed by atoms with van der Waals surface area (Å²) < 4.78 is 28.7. The first-order valence-electron chi connectivity index (χ1n) is 25.7. The Morgan fingerprint density at radius 1 is 0.868 bits per heavy atom. The van der Waals surface area contributed by atoms with Crippen LogP contribution in [0.5, 0.6) is 0 Å². The van der Waals surface area contributed by atoms with Crippen LogP contribution in [-0.2, 0) is 41.9 Å². The number of benzene rings is 2. The van der Waals surface area contributed by atoms with Gasteiger partial charge in [0.2, 0.25) is 46.7 Å². The van der Waals surface area contributed by atoms with Gasteiger partial charge in [0, 0.05) is 82.3 Å². The second-order valence-electron chi connectivity index (χ2n) is 19.7. The lowest BCUT2D eigenvalue weighted by Gasteiger charge is -2.35. The molecule has 2 aromatic carbocycles. The molecule has 2 aliphatic heterocycles. The van der Waals surface area contributed by atoms with E-state index >= 15 is 4.39 Å². The smallest absolute Gasteiger partial charge is 0.410 e. The van der Waals surface area contributed by atoms with Gasteiger partial charge in [-0.1, -0.05) is 46.2 Å². The van der Waals surface area contributed by atoms with Gasteiger partial charge in [-0.25, -0.2) is 18.8 Å². The molecule has 0 radical (unpaired) electrons. The van der Waals surface area contributed by atoms with Crippen molar-refractivity contribution in [3.8, 4) is 0 Å². The van der Waals surface area contributed by atoms with E-state index < -0.39 is 64.7 Å². The molecule has 76 heavy (non-hydrogen) atoms. The van der Waals surface area contributed by atoms with Crippen LogP contribution in [0.2, 0.25) is 0 Å². The third-order valence-corrected chi connectivity index (χ3v) is 13.3. The fourth-order valence-electron chi connectivity index (χ4n) is 9.07. The van der Waals surface area contributed by atoms with E-state index in [0.29, 0.717) is 62.0 Å². The van der Waals surface area contributed by atoms with Crippen LogP contribution in [-0.4, -0.2) is 123 Å². The van der Waals surface area contributed by atoms with Crippen molar-refractivity contribution in [3.05, 3.63) is 81.5 Å². The van der Waals surface area contributed by atoms with Crippen LogP contribution < -0.4 is 37.3 Å². The first-order valence-corrected chi connectivity index (χ1v) is 25.7. The topological polar surface area (TPSA) is 311 Å². The number of rotatable bonds is 25. The highest BCUT2D eigenvalue weighted by atomic mass is 19.1. The van der Waals surface area contributed by atoms with E-state index in [2.05, 4.69) is 31.5 Å². The van der Waals surface area contributed by atoms with Crippen LogP contribution in [0.3, 0.4) is 0 Å². The number of carbonyl (C=O) groups excluding carboxylic acids is 7. The predicted octanol–water partition coefficient (Wildman–Crippen LogP) is 4.92. The molecule has 0 bridgehead atoms. The van der Waals surface area contributed by atoms with Crippen molar-refractivity contribution in [2.75, 3.05) is 49.5 Å². The van der Waals surface area contributed by atoms with E-state index in [4.69, 9.17) is 14.9 Å². The van der Waals surface area contributed by atoms with Gasteiger partial charge in [0.25, 0.3) is 0 Å². The van der Waals surface area contributed by atoms with Crippen molar-refractivity contribution in [2.24, 2.45) is 17.6 Å². The van der Waals surface area contributed by atoms with E-state index in [1.165, 1.54) is 22.1 Å². The summed E-state index contributed by atoms with van der Waals surface area (Å²) in [7, 11) is 0. The monoisotopic (exact) mass is 1060 g/mol. The van der Waals surface area contributed by atoms with Crippen LogP contribution in [0.4, 0.5) is 25.4 Å². The highest BCUT2D eigenvalue weighted by molar-refractivity contribution is 6.02. The SMILES string of the molecule is CCn1cc(C(=O)O)c(=O)c2cc(F)c(N3CCN(C(=O)OCc4ccc(NC(=O)[C@H](CCCNC(N)=O)c5nnc([C@@H](NC(=O)[C@H](CC(C)C)NC(=O)CCCCCN6C(=O)CCC6=O)C(C)C)o5)cc4)CC3)cc21. The summed E-state index contributed by atoms with van der Waals surface area (Å²) in [6.07, 6.45) is 3.77. The summed E-state index contributed by atoms with van der Waals surface area (Å²) in [6.45, 7) is 11.0. The number of ether oxygens (including phenoxy) is 1. The number of nitrogens with zero attached hydrogens (tertiary/aromatic N) is 6. The van der Waals surface area contributed by atoms with E-state index in [9.17, 15) is 48.3 Å². The number of aromatic carboxylic acids is 1. The van der Waals surface area contributed by atoms with Gasteiger partial charge in [0.15, 0.2) is 0 Å². The maximum absolute atomic E-state index is 15.4. The molecule has 6 rings (SSSR count). The number of halogens is 1. The summed E-state index contributed by atoms with van der Waals surface area (Å²) in [6, 6.07) is 6.76. The van der Waals surface area contributed by atoms with Crippen LogP contribution >= 0.6 is 0 Å². The number of carboxylic acids is 1. The highest BCUT2D eigenvalue weighted by Crippen LogP contribution is 2.29. The summed E-state index contributed by atoms with van der Waals surface area (Å²) in [5, 5.41) is 29.1. The molecule has 7 N–H and O–H groups in total. The number of nitrogens with one attached hydrogen (secondary N) is 4. The van der Waals surface area contributed by atoms with Crippen molar-refractivity contribution in [1.82, 2.24) is 40.5 Å². The molecule has 4 aromatic rings. The number of piperazine rings is 1. The average molecular weight is 1060 g/mol. The van der Waals surface area contributed by atoms with E-state index in [1.54, 1.807) is 40.7 Å². The Kier molecular flexibility index (Phi) is 20.0. The van der Waals surface area contributed by atoms with Crippen LogP contribution in [0, 0.1) is 17.7 Å². The van der Waals surface area contributed by atoms with Crippen molar-refractivity contribution < 1.29 is 57.0 Å². The average Bonchev–Trinajstić information content (AvgIpc) is 4.01. The normalized spacial score (nSPS) is 15.0. The lowest BCUT2D eigenvalue weighted by Crippen LogP contribution is -2.49. The predicted molar refractivity (Wildman–Crippen MR) is 275 cm³/mol. The Morgan fingerprint density at radius 2 is 1.55 bits per heavy atom. The van der Waals surface area contributed by atoms with E-state index in [0.717, 1.165) is 6.07 Å². The van der Waals surface area contributed by atoms with Gasteiger partial charge in [-0.3, -0.25) is 33.7 Å². The number of hydrogen-bond acceptors (Lipinski definition) is 14. The molecule has 410 valence electrons. The van der Waals surface area contributed by atoms with Gasteiger partial charge >= 0.3 is 18.1 Å². The Labute approximate surface area is 438 Å². The first kappa shape index (κ1) is 57.4. The summed E-state index contributed by atoms with van der Waals surface area (Å²) in [4.78, 5) is 118. The molecular weight excluding hydrogens is 990 g/mol. The molecule has 8 amide bonds. The molecule has 0 spiro atoms. The number of fused-ring (bicyclic) bond motifs is 1. The van der Waals surface area contributed by atoms with Gasteiger partial charge in [-0.15, -0.1) is 10.2 Å². The van der Waals surface area contributed by atoms with Crippen molar-refractivity contribution in [1.29, 1.82) is 0 Å². The maximum Gasteiger partial charge on any atom is 0.410 e. The largest absolute Gasteiger partial charge is 0.477 e. The standard InChI is InChI=1S/C52H68FN11O12/c1-6-61-28-36(50(71)72)45(68)35-26-37(53)40(27-39(35)61)62-21-23-63(24-22-62)52(74)75-29-32-13-15-33(16-14-32)56-46(69)34(11-10-19-55-51(54)73)48-59-60-49(76-48)44(31(4)5)58-47(70)38(25-30(2)3)57-41(65)12-8-7-9-20-64-42(66)17-18-43(64)67/h13-16,26-28,30-31,34,38,44H,6-12,17-25,29H2,1-5H3,(H,56,69)(H,57,65)(H,58,70)(H,71,72)(H3,54,55,73)/t34-,38-,44-/m0/s1. The number of aromatic nitrogens is 3. The van der Waals surface area contributed by atoms with E-state index in [-0.39, 0.29) is 117 Å². The minimum absolute atomic E-state index is 0.0385. The molecule has 2 aromatic heterocycles. The van der Waals surface area contributed by atoms with Gasteiger partial charge in [-0.2, -0.15) is 0 Å². The molecule has 23 nitrogen and oxygen atoms in total. The number of carbonyl (C=O) groups is 8. The molecule has 2 aliphatic rings.